The van der Waals surface area contributed by atoms with Gasteiger partial charge in [0.05, 0.1) is 6.61 Å². The lowest BCUT2D eigenvalue weighted by Gasteiger charge is -2.31. The van der Waals surface area contributed by atoms with E-state index in [0.717, 1.165) is 44.6 Å². The Balaban J connectivity index is 2.12. The molecule has 1 saturated heterocycles. The minimum absolute atomic E-state index is 0.160. The minimum atomic E-state index is -0.160. The van der Waals surface area contributed by atoms with Crippen molar-refractivity contribution in [2.24, 2.45) is 5.92 Å². The summed E-state index contributed by atoms with van der Waals surface area (Å²) in [5, 5.41) is 3.54. The van der Waals surface area contributed by atoms with Crippen molar-refractivity contribution in [2.45, 2.75) is 32.2 Å². The molecule has 2 nitrogen and oxygen atoms in total. The van der Waals surface area contributed by atoms with Crippen LogP contribution in [-0.2, 0) is 4.74 Å². The molecule has 18 heavy (non-hydrogen) atoms. The molecule has 0 bridgehead atoms. The van der Waals surface area contributed by atoms with Crippen LogP contribution < -0.4 is 5.32 Å². The lowest BCUT2D eigenvalue weighted by atomic mass is 9.88. The smallest absolute Gasteiger partial charge is 0.123 e. The molecule has 0 amide bonds. The van der Waals surface area contributed by atoms with Crippen LogP contribution in [0.1, 0.15) is 37.8 Å². The van der Waals surface area contributed by atoms with Gasteiger partial charge < -0.3 is 10.1 Å². The van der Waals surface area contributed by atoms with Crippen molar-refractivity contribution in [2.75, 3.05) is 19.8 Å². The van der Waals surface area contributed by atoms with E-state index in [9.17, 15) is 4.39 Å². The van der Waals surface area contributed by atoms with Crippen molar-refractivity contribution in [1.82, 2.24) is 5.32 Å². The maximum atomic E-state index is 13.4. The average Bonchev–Trinajstić information content (AvgIpc) is 2.40. The predicted molar refractivity (Wildman–Crippen MR) is 71.0 cm³/mol. The zero-order valence-electron chi connectivity index (χ0n) is 11.0. The summed E-state index contributed by atoms with van der Waals surface area (Å²) in [6.07, 6.45) is 3.33. The van der Waals surface area contributed by atoms with Crippen molar-refractivity contribution in [3.05, 3.63) is 35.6 Å². The van der Waals surface area contributed by atoms with E-state index in [2.05, 4.69) is 12.2 Å². The van der Waals surface area contributed by atoms with Crippen molar-refractivity contribution in [3.8, 4) is 0 Å². The summed E-state index contributed by atoms with van der Waals surface area (Å²) in [5.74, 6) is 0.291. The van der Waals surface area contributed by atoms with Crippen LogP contribution in [-0.4, -0.2) is 19.8 Å². The Labute approximate surface area is 109 Å². The van der Waals surface area contributed by atoms with Crippen LogP contribution in [0.3, 0.4) is 0 Å². The molecule has 1 aromatic carbocycles. The molecule has 3 heteroatoms. The van der Waals surface area contributed by atoms with E-state index >= 15 is 0 Å². The Morgan fingerprint density at radius 2 is 2.39 bits per heavy atom. The van der Waals surface area contributed by atoms with Gasteiger partial charge in [-0.15, -0.1) is 0 Å². The van der Waals surface area contributed by atoms with E-state index < -0.39 is 0 Å². The predicted octanol–water partition coefficient (Wildman–Crippen LogP) is 3.29. The molecule has 1 heterocycles. The van der Waals surface area contributed by atoms with Crippen molar-refractivity contribution < 1.29 is 9.13 Å². The minimum Gasteiger partial charge on any atom is -0.381 e. The zero-order valence-corrected chi connectivity index (χ0v) is 11.0. The third-order valence-electron chi connectivity index (χ3n) is 3.49. The first-order valence-corrected chi connectivity index (χ1v) is 6.88. The SMILES string of the molecule is CCCNC(c1cccc(F)c1)C1CCCOC1. The number of rotatable bonds is 5. The third-order valence-corrected chi connectivity index (χ3v) is 3.49. The second kappa shape index (κ2) is 6.86. The van der Waals surface area contributed by atoms with E-state index in [0.29, 0.717) is 5.92 Å². The maximum absolute atomic E-state index is 13.4. The van der Waals surface area contributed by atoms with Gasteiger partial charge in [0.25, 0.3) is 0 Å². The Morgan fingerprint density at radius 1 is 1.50 bits per heavy atom. The highest BCUT2D eigenvalue weighted by Gasteiger charge is 2.25. The summed E-state index contributed by atoms with van der Waals surface area (Å²) in [6, 6.07) is 7.14. The summed E-state index contributed by atoms with van der Waals surface area (Å²) in [5.41, 5.74) is 1.04. The molecule has 0 spiro atoms. The number of ether oxygens (including phenoxy) is 1. The van der Waals surface area contributed by atoms with Gasteiger partial charge in [0.2, 0.25) is 0 Å². The highest BCUT2D eigenvalue weighted by Crippen LogP contribution is 2.29. The third kappa shape index (κ3) is 3.53. The Morgan fingerprint density at radius 3 is 3.06 bits per heavy atom. The molecule has 0 aliphatic carbocycles. The topological polar surface area (TPSA) is 21.3 Å². The summed E-state index contributed by atoms with van der Waals surface area (Å²) >= 11 is 0. The number of nitrogens with one attached hydrogen (secondary N) is 1. The maximum Gasteiger partial charge on any atom is 0.123 e. The largest absolute Gasteiger partial charge is 0.381 e. The molecule has 2 unspecified atom stereocenters. The average molecular weight is 251 g/mol. The Kier molecular flexibility index (Phi) is 5.14. The fourth-order valence-corrected chi connectivity index (χ4v) is 2.59. The van der Waals surface area contributed by atoms with Crippen LogP contribution in [0.15, 0.2) is 24.3 Å². The summed E-state index contributed by atoms with van der Waals surface area (Å²) in [6.45, 7) is 4.74. The number of benzene rings is 1. The standard InChI is InChI=1S/C15H22FNO/c1-2-8-17-15(13-6-4-9-18-11-13)12-5-3-7-14(16)10-12/h3,5,7,10,13,15,17H,2,4,6,8-9,11H2,1H3. The van der Waals surface area contributed by atoms with Crippen LogP contribution in [0, 0.1) is 11.7 Å². The van der Waals surface area contributed by atoms with Gasteiger partial charge in [0.15, 0.2) is 0 Å². The van der Waals surface area contributed by atoms with Gasteiger partial charge in [-0.1, -0.05) is 19.1 Å². The van der Waals surface area contributed by atoms with E-state index in [1.165, 1.54) is 6.07 Å². The van der Waals surface area contributed by atoms with Gasteiger partial charge in [-0.3, -0.25) is 0 Å². The Hall–Kier alpha value is -0.930. The summed E-state index contributed by atoms with van der Waals surface area (Å²) < 4.78 is 18.9. The van der Waals surface area contributed by atoms with E-state index in [-0.39, 0.29) is 11.9 Å². The highest BCUT2D eigenvalue weighted by atomic mass is 19.1. The molecule has 1 N–H and O–H groups in total. The first-order valence-electron chi connectivity index (χ1n) is 6.88. The molecule has 0 radical (unpaired) electrons. The van der Waals surface area contributed by atoms with Crippen LogP contribution in [0.2, 0.25) is 0 Å². The molecule has 1 aromatic rings. The molecular weight excluding hydrogens is 229 g/mol. The lowest BCUT2D eigenvalue weighted by Crippen LogP contribution is -2.33. The first-order chi connectivity index (χ1) is 8.81. The van der Waals surface area contributed by atoms with E-state index in [1.54, 1.807) is 12.1 Å². The molecule has 2 atom stereocenters. The molecule has 0 saturated carbocycles. The molecular formula is C15H22FNO. The molecule has 0 aromatic heterocycles. The zero-order chi connectivity index (χ0) is 12.8. The van der Waals surface area contributed by atoms with Crippen molar-refractivity contribution >= 4 is 0 Å². The molecule has 1 aliphatic rings. The van der Waals surface area contributed by atoms with Gasteiger partial charge in [0.1, 0.15) is 5.82 Å². The van der Waals surface area contributed by atoms with Crippen molar-refractivity contribution in [3.63, 3.8) is 0 Å². The normalized spacial score (nSPS) is 21.8. The van der Waals surface area contributed by atoms with Gasteiger partial charge in [-0.05, 0) is 43.5 Å². The fraction of sp³-hybridized carbons (Fsp3) is 0.600. The first kappa shape index (κ1) is 13.5. The number of halogens is 1. The van der Waals surface area contributed by atoms with Gasteiger partial charge in [-0.2, -0.15) is 0 Å². The second-order valence-electron chi connectivity index (χ2n) is 4.96. The second-order valence-corrected chi connectivity index (χ2v) is 4.96. The van der Waals surface area contributed by atoms with Crippen LogP contribution in [0.25, 0.3) is 0 Å². The van der Waals surface area contributed by atoms with Gasteiger partial charge >= 0.3 is 0 Å². The Bertz CT molecular complexity index is 363. The lowest BCUT2D eigenvalue weighted by molar-refractivity contribution is 0.0390. The molecule has 1 aliphatic heterocycles. The quantitative estimate of drug-likeness (QED) is 0.867. The molecule has 100 valence electrons. The number of hydrogen-bond donors (Lipinski definition) is 1. The molecule has 1 fully saturated rings. The number of hydrogen-bond acceptors (Lipinski definition) is 2. The van der Waals surface area contributed by atoms with Crippen LogP contribution >= 0.6 is 0 Å². The van der Waals surface area contributed by atoms with Gasteiger partial charge in [0, 0.05) is 18.6 Å². The highest BCUT2D eigenvalue weighted by molar-refractivity contribution is 5.21. The summed E-state index contributed by atoms with van der Waals surface area (Å²) in [4.78, 5) is 0. The van der Waals surface area contributed by atoms with Gasteiger partial charge in [-0.25, -0.2) is 4.39 Å². The summed E-state index contributed by atoms with van der Waals surface area (Å²) in [7, 11) is 0. The van der Waals surface area contributed by atoms with Crippen molar-refractivity contribution in [1.29, 1.82) is 0 Å². The van der Waals surface area contributed by atoms with Crippen LogP contribution in [0.4, 0.5) is 4.39 Å². The fourth-order valence-electron chi connectivity index (χ4n) is 2.59. The van der Waals surface area contributed by atoms with E-state index in [1.807, 2.05) is 6.07 Å². The molecule has 2 rings (SSSR count). The monoisotopic (exact) mass is 251 g/mol. The van der Waals surface area contributed by atoms with E-state index in [4.69, 9.17) is 4.74 Å². The van der Waals surface area contributed by atoms with Crippen LogP contribution in [0.5, 0.6) is 0 Å².